The maximum Gasteiger partial charge on any atom is 0.136 e. The zero-order valence-electron chi connectivity index (χ0n) is 23.5. The summed E-state index contributed by atoms with van der Waals surface area (Å²) in [5.41, 5.74) is 5.28. The first kappa shape index (κ1) is 24.3. The quantitative estimate of drug-likeness (QED) is 0.201. The molecule has 0 amide bonds. The van der Waals surface area contributed by atoms with Gasteiger partial charge in [0, 0.05) is 68.2 Å². The summed E-state index contributed by atoms with van der Waals surface area (Å²) in [6.45, 7) is 0. The van der Waals surface area contributed by atoms with Gasteiger partial charge in [0.1, 0.15) is 11.2 Å². The van der Waals surface area contributed by atoms with Gasteiger partial charge in [0.15, 0.2) is 0 Å². The minimum Gasteiger partial charge on any atom is -0.456 e. The van der Waals surface area contributed by atoms with E-state index in [-0.39, 0.29) is 0 Å². The third-order valence-corrected chi connectivity index (χ3v) is 11.1. The highest BCUT2D eigenvalue weighted by Crippen LogP contribution is 2.44. The van der Waals surface area contributed by atoms with Gasteiger partial charge in [-0.3, -0.25) is 0 Å². The number of hydrogen-bond acceptors (Lipinski definition) is 4. The Kier molecular flexibility index (Phi) is 5.06. The van der Waals surface area contributed by atoms with Crippen LogP contribution < -0.4 is 4.90 Å². The lowest BCUT2D eigenvalue weighted by Gasteiger charge is -2.26. The molecule has 44 heavy (non-hydrogen) atoms. The second kappa shape index (κ2) is 9.17. The Morgan fingerprint density at radius 2 is 0.977 bits per heavy atom. The second-order valence-corrected chi connectivity index (χ2v) is 13.5. The van der Waals surface area contributed by atoms with Crippen molar-refractivity contribution in [3.63, 3.8) is 0 Å². The summed E-state index contributed by atoms with van der Waals surface area (Å²) in [5, 5.41) is 9.88. The van der Waals surface area contributed by atoms with Crippen molar-refractivity contribution in [3.8, 4) is 0 Å². The number of rotatable bonds is 3. The molecule has 0 unspecified atom stereocenters. The summed E-state index contributed by atoms with van der Waals surface area (Å²) in [7, 11) is 0. The van der Waals surface area contributed by atoms with E-state index in [1.54, 1.807) is 0 Å². The van der Waals surface area contributed by atoms with Gasteiger partial charge in [0.05, 0.1) is 0 Å². The molecule has 7 aromatic carbocycles. The average Bonchev–Trinajstić information content (AvgIpc) is 3.74. The van der Waals surface area contributed by atoms with Crippen LogP contribution in [0.5, 0.6) is 0 Å². The van der Waals surface area contributed by atoms with Gasteiger partial charge in [-0.15, -0.1) is 22.7 Å². The van der Waals surface area contributed by atoms with Gasteiger partial charge in [0.2, 0.25) is 0 Å². The van der Waals surface area contributed by atoms with Gasteiger partial charge in [0.25, 0.3) is 0 Å². The molecule has 0 bridgehead atoms. The monoisotopic (exact) mass is 597 g/mol. The van der Waals surface area contributed by atoms with Crippen molar-refractivity contribution in [2.24, 2.45) is 0 Å². The van der Waals surface area contributed by atoms with E-state index in [0.29, 0.717) is 0 Å². The van der Waals surface area contributed by atoms with Gasteiger partial charge < -0.3 is 9.32 Å². The molecular weight excluding hydrogens is 575 g/mol. The van der Waals surface area contributed by atoms with Gasteiger partial charge in [-0.1, -0.05) is 66.7 Å². The van der Waals surface area contributed by atoms with Crippen LogP contribution in [0, 0.1) is 0 Å². The van der Waals surface area contributed by atoms with Gasteiger partial charge in [-0.2, -0.15) is 0 Å². The Morgan fingerprint density at radius 1 is 0.364 bits per heavy atom. The number of anilines is 3. The van der Waals surface area contributed by atoms with Crippen molar-refractivity contribution < 1.29 is 4.42 Å². The third-order valence-electron chi connectivity index (χ3n) is 8.82. The van der Waals surface area contributed by atoms with Crippen LogP contribution in [0.3, 0.4) is 0 Å². The normalized spacial score (nSPS) is 12.1. The lowest BCUT2D eigenvalue weighted by molar-refractivity contribution is 0.669. The summed E-state index contributed by atoms with van der Waals surface area (Å²) < 4.78 is 11.4. The summed E-state index contributed by atoms with van der Waals surface area (Å²) in [5.74, 6) is 0. The molecule has 4 heteroatoms. The number of fused-ring (bicyclic) bond motifs is 10. The number of para-hydroxylation sites is 1. The molecule has 0 aliphatic heterocycles. The van der Waals surface area contributed by atoms with Crippen LogP contribution >= 0.6 is 22.7 Å². The van der Waals surface area contributed by atoms with E-state index in [2.05, 4.69) is 132 Å². The van der Waals surface area contributed by atoms with Crippen LogP contribution in [-0.2, 0) is 0 Å². The van der Waals surface area contributed by atoms with Crippen LogP contribution in [0.1, 0.15) is 0 Å². The lowest BCUT2D eigenvalue weighted by Crippen LogP contribution is -2.09. The maximum atomic E-state index is 6.20. The van der Waals surface area contributed by atoms with Crippen molar-refractivity contribution in [3.05, 3.63) is 140 Å². The second-order valence-electron chi connectivity index (χ2n) is 11.4. The van der Waals surface area contributed by atoms with Crippen LogP contribution in [-0.4, -0.2) is 0 Å². The molecule has 206 valence electrons. The predicted molar refractivity (Wildman–Crippen MR) is 192 cm³/mol. The third kappa shape index (κ3) is 3.59. The highest BCUT2D eigenvalue weighted by Gasteiger charge is 2.18. The molecule has 2 nitrogen and oxygen atoms in total. The average molecular weight is 598 g/mol. The van der Waals surface area contributed by atoms with Crippen molar-refractivity contribution in [2.45, 2.75) is 0 Å². The van der Waals surface area contributed by atoms with Gasteiger partial charge >= 0.3 is 0 Å². The standard InChI is InChI=1S/C40H23NOS2/c1-4-10-35-29(7-1)33-20-25-19-26(14-13-24(25)21-36(33)42-35)41(27-16-18-39-34(22-27)31-9-3-6-12-38(31)43-39)28-15-17-32-30-8-2-5-11-37(30)44-40(32)23-28/h1-23H. The van der Waals surface area contributed by atoms with Crippen LogP contribution in [0.4, 0.5) is 17.1 Å². The molecule has 10 aromatic rings. The maximum absolute atomic E-state index is 6.20. The van der Waals surface area contributed by atoms with Crippen LogP contribution in [0.2, 0.25) is 0 Å². The summed E-state index contributed by atoms with van der Waals surface area (Å²) >= 11 is 3.72. The Labute approximate surface area is 260 Å². The number of thiophene rings is 2. The first-order valence-corrected chi connectivity index (χ1v) is 16.4. The molecule has 0 spiro atoms. The molecule has 0 atom stereocenters. The van der Waals surface area contributed by atoms with E-state index in [0.717, 1.165) is 39.0 Å². The molecule has 0 aliphatic rings. The van der Waals surface area contributed by atoms with E-state index >= 15 is 0 Å². The highest BCUT2D eigenvalue weighted by atomic mass is 32.1. The number of hydrogen-bond donors (Lipinski definition) is 0. The Bertz CT molecular complexity index is 2750. The minimum atomic E-state index is 0.924. The molecule has 0 saturated carbocycles. The van der Waals surface area contributed by atoms with E-state index in [1.165, 1.54) is 51.1 Å². The fraction of sp³-hybridized carbons (Fsp3) is 0. The Balaban J connectivity index is 1.22. The van der Waals surface area contributed by atoms with Crippen molar-refractivity contribution >= 4 is 113 Å². The zero-order chi connectivity index (χ0) is 28.8. The number of benzene rings is 7. The first-order chi connectivity index (χ1) is 21.8. The van der Waals surface area contributed by atoms with Crippen molar-refractivity contribution in [1.29, 1.82) is 0 Å². The van der Waals surface area contributed by atoms with E-state index < -0.39 is 0 Å². The predicted octanol–water partition coefficient (Wildman–Crippen LogP) is 12.9. The SMILES string of the molecule is c1ccc2c(c1)oc1cc3ccc(N(c4ccc5c(c4)sc4ccccc45)c4ccc5sc6ccccc6c5c4)cc3cc12. The molecule has 3 aromatic heterocycles. The smallest absolute Gasteiger partial charge is 0.136 e. The fourth-order valence-electron chi connectivity index (χ4n) is 6.75. The summed E-state index contributed by atoms with van der Waals surface area (Å²) in [6.07, 6.45) is 0. The Hall–Kier alpha value is -5.16. The zero-order valence-corrected chi connectivity index (χ0v) is 25.1. The van der Waals surface area contributed by atoms with Crippen molar-refractivity contribution in [1.82, 2.24) is 0 Å². The van der Waals surface area contributed by atoms with Gasteiger partial charge in [-0.05, 0) is 83.6 Å². The topological polar surface area (TPSA) is 16.4 Å². The van der Waals surface area contributed by atoms with Crippen molar-refractivity contribution in [2.75, 3.05) is 4.90 Å². The highest BCUT2D eigenvalue weighted by molar-refractivity contribution is 7.26. The largest absolute Gasteiger partial charge is 0.456 e. The summed E-state index contributed by atoms with van der Waals surface area (Å²) in [6, 6.07) is 50.8. The Morgan fingerprint density at radius 3 is 1.84 bits per heavy atom. The van der Waals surface area contributed by atoms with Crippen LogP contribution in [0.25, 0.3) is 73.1 Å². The molecule has 0 N–H and O–H groups in total. The molecule has 10 rings (SSSR count). The van der Waals surface area contributed by atoms with E-state index in [1.807, 2.05) is 34.8 Å². The van der Waals surface area contributed by atoms with Crippen LogP contribution in [0.15, 0.2) is 144 Å². The van der Waals surface area contributed by atoms with E-state index in [4.69, 9.17) is 4.42 Å². The molecular formula is C40H23NOS2. The van der Waals surface area contributed by atoms with E-state index in [9.17, 15) is 0 Å². The number of furan rings is 1. The van der Waals surface area contributed by atoms with Gasteiger partial charge in [-0.25, -0.2) is 0 Å². The fourth-order valence-corrected chi connectivity index (χ4v) is 8.97. The minimum absolute atomic E-state index is 0.924. The first-order valence-electron chi connectivity index (χ1n) is 14.7. The summed E-state index contributed by atoms with van der Waals surface area (Å²) in [4.78, 5) is 2.41. The lowest BCUT2D eigenvalue weighted by atomic mass is 10.0. The molecule has 0 saturated heterocycles. The molecule has 0 aliphatic carbocycles. The molecule has 0 fully saturated rings. The molecule has 0 radical (unpaired) electrons. The molecule has 3 heterocycles. The number of nitrogens with zero attached hydrogens (tertiary/aromatic N) is 1.